The summed E-state index contributed by atoms with van der Waals surface area (Å²) in [5.41, 5.74) is 1.05. The van der Waals surface area contributed by atoms with Crippen LogP contribution in [-0.4, -0.2) is 67.3 Å². The van der Waals surface area contributed by atoms with Gasteiger partial charge >= 0.3 is 0 Å². The van der Waals surface area contributed by atoms with Crippen molar-refractivity contribution in [3.63, 3.8) is 0 Å². The Hall–Kier alpha value is -1.70. The summed E-state index contributed by atoms with van der Waals surface area (Å²) in [6.07, 6.45) is -0.0615. The molecule has 0 bridgehead atoms. The van der Waals surface area contributed by atoms with Gasteiger partial charge < -0.3 is 19.9 Å². The van der Waals surface area contributed by atoms with E-state index in [2.05, 4.69) is 16.3 Å². The molecule has 0 saturated carbocycles. The van der Waals surface area contributed by atoms with E-state index in [1.807, 2.05) is 30.0 Å². The third-order valence-corrected chi connectivity index (χ3v) is 5.82. The summed E-state index contributed by atoms with van der Waals surface area (Å²) in [6, 6.07) is 8.00. The van der Waals surface area contributed by atoms with Gasteiger partial charge in [-0.3, -0.25) is 4.79 Å². The number of para-hydroxylation sites is 1. The van der Waals surface area contributed by atoms with Crippen molar-refractivity contribution in [1.29, 1.82) is 0 Å². The SMILES string of the molecule is C[C@H]1OCCN[C@@H]1C(=O)N1CCN(c2nc3ccccc3s2)CC1. The van der Waals surface area contributed by atoms with Crippen molar-refractivity contribution >= 4 is 32.6 Å². The number of anilines is 1. The molecule has 4 rings (SSSR count). The summed E-state index contributed by atoms with van der Waals surface area (Å²) < 4.78 is 6.81. The maximum atomic E-state index is 12.7. The molecule has 7 heteroatoms. The quantitative estimate of drug-likeness (QED) is 0.889. The van der Waals surface area contributed by atoms with E-state index in [1.54, 1.807) is 11.3 Å². The average molecular weight is 346 g/mol. The van der Waals surface area contributed by atoms with Crippen molar-refractivity contribution in [3.8, 4) is 0 Å². The Kier molecular flexibility index (Phi) is 4.39. The second kappa shape index (κ2) is 6.66. The number of carbonyl (C=O) groups is 1. The Bertz CT molecular complexity index is 693. The van der Waals surface area contributed by atoms with Crippen molar-refractivity contribution in [2.75, 3.05) is 44.2 Å². The number of rotatable bonds is 2. The molecule has 1 amide bonds. The summed E-state index contributed by atoms with van der Waals surface area (Å²) in [6.45, 7) is 6.51. The van der Waals surface area contributed by atoms with Gasteiger partial charge in [-0.15, -0.1) is 0 Å². The van der Waals surface area contributed by atoms with Crippen LogP contribution in [0.15, 0.2) is 24.3 Å². The number of piperazine rings is 1. The van der Waals surface area contributed by atoms with Gasteiger partial charge in [0.2, 0.25) is 5.91 Å². The molecule has 2 saturated heterocycles. The van der Waals surface area contributed by atoms with E-state index in [4.69, 9.17) is 9.72 Å². The highest BCUT2D eigenvalue weighted by Crippen LogP contribution is 2.29. The second-order valence-corrected chi connectivity index (χ2v) is 7.29. The summed E-state index contributed by atoms with van der Waals surface area (Å²) >= 11 is 1.72. The van der Waals surface area contributed by atoms with E-state index in [1.165, 1.54) is 4.70 Å². The van der Waals surface area contributed by atoms with Crippen LogP contribution >= 0.6 is 11.3 Å². The highest BCUT2D eigenvalue weighted by molar-refractivity contribution is 7.22. The van der Waals surface area contributed by atoms with Gasteiger partial charge in [-0.25, -0.2) is 4.98 Å². The van der Waals surface area contributed by atoms with Crippen LogP contribution in [0.3, 0.4) is 0 Å². The van der Waals surface area contributed by atoms with Crippen molar-refractivity contribution in [2.45, 2.75) is 19.1 Å². The van der Waals surface area contributed by atoms with Gasteiger partial charge in [0, 0.05) is 32.7 Å². The number of nitrogens with one attached hydrogen (secondary N) is 1. The zero-order chi connectivity index (χ0) is 16.5. The molecule has 2 fully saturated rings. The van der Waals surface area contributed by atoms with Gasteiger partial charge in [-0.1, -0.05) is 23.5 Å². The lowest BCUT2D eigenvalue weighted by Gasteiger charge is -2.38. The van der Waals surface area contributed by atoms with Gasteiger partial charge in [0.15, 0.2) is 5.13 Å². The topological polar surface area (TPSA) is 57.7 Å². The minimum absolute atomic E-state index is 0.0615. The van der Waals surface area contributed by atoms with E-state index in [0.29, 0.717) is 6.61 Å². The van der Waals surface area contributed by atoms with Crippen LogP contribution in [0.2, 0.25) is 0 Å². The minimum Gasteiger partial charge on any atom is -0.375 e. The number of aromatic nitrogens is 1. The number of amides is 1. The second-order valence-electron chi connectivity index (χ2n) is 6.28. The largest absolute Gasteiger partial charge is 0.375 e. The van der Waals surface area contributed by atoms with Crippen LogP contribution in [0, 0.1) is 0 Å². The fraction of sp³-hybridized carbons (Fsp3) is 0.529. The maximum absolute atomic E-state index is 12.7. The molecule has 0 spiro atoms. The Morgan fingerprint density at radius 2 is 2.08 bits per heavy atom. The highest BCUT2D eigenvalue weighted by atomic mass is 32.1. The Balaban J connectivity index is 1.40. The molecule has 1 aromatic carbocycles. The first-order valence-corrected chi connectivity index (χ1v) is 9.28. The predicted molar refractivity (Wildman–Crippen MR) is 95.6 cm³/mol. The lowest BCUT2D eigenvalue weighted by molar-refractivity contribution is -0.139. The predicted octanol–water partition coefficient (Wildman–Crippen LogP) is 1.32. The summed E-state index contributed by atoms with van der Waals surface area (Å²) in [4.78, 5) is 21.6. The number of ether oxygens (including phenoxy) is 1. The zero-order valence-electron chi connectivity index (χ0n) is 13.8. The zero-order valence-corrected chi connectivity index (χ0v) is 14.6. The lowest BCUT2D eigenvalue weighted by atomic mass is 10.1. The number of hydrogen-bond donors (Lipinski definition) is 1. The first-order valence-electron chi connectivity index (χ1n) is 8.47. The standard InChI is InChI=1S/C17H22N4O2S/c1-12-15(18-6-11-23-12)16(22)20-7-9-21(10-8-20)17-19-13-4-2-3-5-14(13)24-17/h2-5,12,15,18H,6-11H2,1H3/t12-,15+/m1/s1. The van der Waals surface area contributed by atoms with Crippen LogP contribution in [0.1, 0.15) is 6.92 Å². The van der Waals surface area contributed by atoms with E-state index < -0.39 is 0 Å². The molecule has 0 radical (unpaired) electrons. The summed E-state index contributed by atoms with van der Waals surface area (Å²) in [7, 11) is 0. The van der Waals surface area contributed by atoms with Crippen LogP contribution in [0.4, 0.5) is 5.13 Å². The van der Waals surface area contributed by atoms with Crippen molar-refractivity contribution in [2.24, 2.45) is 0 Å². The lowest BCUT2D eigenvalue weighted by Crippen LogP contribution is -2.59. The molecule has 1 aromatic heterocycles. The number of benzene rings is 1. The molecule has 2 aromatic rings. The molecule has 2 aliphatic heterocycles. The molecule has 2 atom stereocenters. The number of carbonyl (C=O) groups excluding carboxylic acids is 1. The van der Waals surface area contributed by atoms with Crippen molar-refractivity contribution in [3.05, 3.63) is 24.3 Å². The third-order valence-electron chi connectivity index (χ3n) is 4.73. The normalized spacial score (nSPS) is 25.2. The van der Waals surface area contributed by atoms with E-state index in [-0.39, 0.29) is 18.1 Å². The highest BCUT2D eigenvalue weighted by Gasteiger charge is 2.33. The average Bonchev–Trinajstić information content (AvgIpc) is 3.06. The summed E-state index contributed by atoms with van der Waals surface area (Å²) in [5, 5.41) is 4.34. The summed E-state index contributed by atoms with van der Waals surface area (Å²) in [5.74, 6) is 0.158. The van der Waals surface area contributed by atoms with Crippen LogP contribution in [0.25, 0.3) is 10.2 Å². The molecular weight excluding hydrogens is 324 g/mol. The fourth-order valence-corrected chi connectivity index (χ4v) is 4.34. The molecule has 128 valence electrons. The van der Waals surface area contributed by atoms with E-state index in [9.17, 15) is 4.79 Å². The maximum Gasteiger partial charge on any atom is 0.242 e. The fourth-order valence-electron chi connectivity index (χ4n) is 3.32. The molecule has 1 N–H and O–H groups in total. The van der Waals surface area contributed by atoms with Crippen molar-refractivity contribution in [1.82, 2.24) is 15.2 Å². The van der Waals surface area contributed by atoms with Gasteiger partial charge in [0.25, 0.3) is 0 Å². The van der Waals surface area contributed by atoms with Gasteiger partial charge in [0.05, 0.1) is 22.9 Å². The monoisotopic (exact) mass is 346 g/mol. The molecule has 0 unspecified atom stereocenters. The molecule has 2 aliphatic rings. The van der Waals surface area contributed by atoms with Gasteiger partial charge in [-0.2, -0.15) is 0 Å². The van der Waals surface area contributed by atoms with E-state index >= 15 is 0 Å². The van der Waals surface area contributed by atoms with Gasteiger partial charge in [-0.05, 0) is 19.1 Å². The first kappa shape index (κ1) is 15.8. The van der Waals surface area contributed by atoms with Crippen LogP contribution in [-0.2, 0) is 9.53 Å². The van der Waals surface area contributed by atoms with Crippen LogP contribution < -0.4 is 10.2 Å². The number of thiazole rings is 1. The van der Waals surface area contributed by atoms with Crippen molar-refractivity contribution < 1.29 is 9.53 Å². The smallest absolute Gasteiger partial charge is 0.242 e. The number of nitrogens with zero attached hydrogens (tertiary/aromatic N) is 3. The van der Waals surface area contributed by atoms with Gasteiger partial charge in [0.1, 0.15) is 6.04 Å². The minimum atomic E-state index is -0.215. The number of fused-ring (bicyclic) bond motifs is 1. The Morgan fingerprint density at radius 1 is 1.29 bits per heavy atom. The molecular formula is C17H22N4O2S. The third kappa shape index (κ3) is 2.99. The Labute approximate surface area is 145 Å². The first-order chi connectivity index (χ1) is 11.7. The van der Waals surface area contributed by atoms with E-state index in [0.717, 1.165) is 43.4 Å². The Morgan fingerprint density at radius 3 is 2.83 bits per heavy atom. The molecule has 6 nitrogen and oxygen atoms in total. The molecule has 3 heterocycles. The number of morpholine rings is 1. The molecule has 24 heavy (non-hydrogen) atoms. The number of hydrogen-bond acceptors (Lipinski definition) is 6. The van der Waals surface area contributed by atoms with Crippen LogP contribution in [0.5, 0.6) is 0 Å². The molecule has 0 aliphatic carbocycles.